The van der Waals surface area contributed by atoms with Crippen molar-refractivity contribution in [2.75, 3.05) is 0 Å². The first-order chi connectivity index (χ1) is 23.8. The Morgan fingerprint density at radius 3 is 0.979 bits per heavy atom. The number of hydrogen-bond donors (Lipinski definition) is 0. The summed E-state index contributed by atoms with van der Waals surface area (Å²) in [5.41, 5.74) is 14.4. The summed E-state index contributed by atoms with van der Waals surface area (Å²) in [5, 5.41) is 0. The van der Waals surface area contributed by atoms with Gasteiger partial charge in [-0.05, 0) is 74.8 Å². The standard InChI is InChI=1S/C46H32N2/c1-5-14-33(15-6-1)41-29-42(34-16-7-2-8-17-34)31-43(30-41)40-23-13-22-39(28-40)35-24-26-38(27-25-35)46-47-44(36-18-9-3-10-19-36)32-45(48-46)37-20-11-4-12-21-37/h1-32H. The molecule has 0 radical (unpaired) electrons. The average molecular weight is 613 g/mol. The summed E-state index contributed by atoms with van der Waals surface area (Å²) in [5.74, 6) is 0.710. The van der Waals surface area contributed by atoms with E-state index in [0.717, 1.165) is 39.2 Å². The Balaban J connectivity index is 1.16. The molecule has 0 unspecified atom stereocenters. The fourth-order valence-electron chi connectivity index (χ4n) is 6.17. The minimum Gasteiger partial charge on any atom is -0.228 e. The van der Waals surface area contributed by atoms with Gasteiger partial charge in [-0.15, -0.1) is 0 Å². The van der Waals surface area contributed by atoms with E-state index in [0.29, 0.717) is 5.82 Å². The van der Waals surface area contributed by atoms with E-state index >= 15 is 0 Å². The fraction of sp³-hybridized carbons (Fsp3) is 0. The van der Waals surface area contributed by atoms with E-state index in [2.05, 4.69) is 158 Å². The Kier molecular flexibility index (Phi) is 7.96. The maximum Gasteiger partial charge on any atom is 0.160 e. The van der Waals surface area contributed by atoms with E-state index in [1.807, 2.05) is 36.4 Å². The molecular formula is C46H32N2. The second kappa shape index (κ2) is 13.2. The second-order valence-electron chi connectivity index (χ2n) is 11.9. The third-order valence-electron chi connectivity index (χ3n) is 8.68. The van der Waals surface area contributed by atoms with E-state index in [4.69, 9.17) is 9.97 Å². The molecule has 8 aromatic rings. The van der Waals surface area contributed by atoms with Gasteiger partial charge in [0.15, 0.2) is 5.82 Å². The van der Waals surface area contributed by atoms with Crippen molar-refractivity contribution >= 4 is 0 Å². The molecule has 0 saturated carbocycles. The van der Waals surface area contributed by atoms with Crippen LogP contribution in [0.3, 0.4) is 0 Å². The van der Waals surface area contributed by atoms with Crippen LogP contribution in [-0.2, 0) is 0 Å². The van der Waals surface area contributed by atoms with Gasteiger partial charge in [0.2, 0.25) is 0 Å². The number of aromatic nitrogens is 2. The van der Waals surface area contributed by atoms with Gasteiger partial charge in [-0.2, -0.15) is 0 Å². The number of benzene rings is 7. The van der Waals surface area contributed by atoms with Gasteiger partial charge in [-0.3, -0.25) is 0 Å². The van der Waals surface area contributed by atoms with Crippen LogP contribution in [0.1, 0.15) is 0 Å². The lowest BCUT2D eigenvalue weighted by atomic mass is 9.92. The molecule has 48 heavy (non-hydrogen) atoms. The largest absolute Gasteiger partial charge is 0.228 e. The van der Waals surface area contributed by atoms with Gasteiger partial charge in [0.25, 0.3) is 0 Å². The lowest BCUT2D eigenvalue weighted by molar-refractivity contribution is 1.18. The topological polar surface area (TPSA) is 25.8 Å². The molecule has 1 aromatic heterocycles. The normalized spacial score (nSPS) is 10.9. The van der Waals surface area contributed by atoms with Gasteiger partial charge >= 0.3 is 0 Å². The zero-order valence-electron chi connectivity index (χ0n) is 26.4. The van der Waals surface area contributed by atoms with Crippen LogP contribution in [-0.4, -0.2) is 9.97 Å². The fourth-order valence-corrected chi connectivity index (χ4v) is 6.17. The van der Waals surface area contributed by atoms with Crippen molar-refractivity contribution in [1.82, 2.24) is 9.97 Å². The molecule has 0 saturated heterocycles. The Hall–Kier alpha value is -6.38. The third kappa shape index (κ3) is 6.20. The molecule has 0 aliphatic rings. The van der Waals surface area contributed by atoms with Crippen LogP contribution >= 0.6 is 0 Å². The van der Waals surface area contributed by atoms with Crippen molar-refractivity contribution in [2.45, 2.75) is 0 Å². The van der Waals surface area contributed by atoms with E-state index in [1.54, 1.807) is 0 Å². The molecule has 0 bridgehead atoms. The molecule has 1 heterocycles. The van der Waals surface area contributed by atoms with Crippen LogP contribution in [0.4, 0.5) is 0 Å². The monoisotopic (exact) mass is 612 g/mol. The lowest BCUT2D eigenvalue weighted by Crippen LogP contribution is -1.95. The second-order valence-corrected chi connectivity index (χ2v) is 11.9. The SMILES string of the molecule is c1ccc(-c2cc(-c3ccccc3)cc(-c3cccc(-c4ccc(-c5nc(-c6ccccc6)cc(-c6ccccc6)n5)cc4)c3)c2)cc1. The summed E-state index contributed by atoms with van der Waals surface area (Å²) in [6, 6.07) is 68.2. The molecule has 2 nitrogen and oxygen atoms in total. The third-order valence-corrected chi connectivity index (χ3v) is 8.68. The van der Waals surface area contributed by atoms with E-state index < -0.39 is 0 Å². The van der Waals surface area contributed by atoms with Crippen LogP contribution in [0, 0.1) is 0 Å². The highest BCUT2D eigenvalue weighted by molar-refractivity contribution is 5.83. The van der Waals surface area contributed by atoms with Crippen molar-refractivity contribution in [3.8, 4) is 78.4 Å². The van der Waals surface area contributed by atoms with Gasteiger partial charge in [-0.1, -0.05) is 164 Å². The molecule has 226 valence electrons. The van der Waals surface area contributed by atoms with E-state index in [-0.39, 0.29) is 0 Å². The van der Waals surface area contributed by atoms with Crippen LogP contribution in [0.2, 0.25) is 0 Å². The van der Waals surface area contributed by atoms with Crippen LogP contribution < -0.4 is 0 Å². The maximum atomic E-state index is 5.01. The maximum absolute atomic E-state index is 5.01. The summed E-state index contributed by atoms with van der Waals surface area (Å²) in [6.45, 7) is 0. The summed E-state index contributed by atoms with van der Waals surface area (Å²) >= 11 is 0. The van der Waals surface area contributed by atoms with Gasteiger partial charge in [-0.25, -0.2) is 9.97 Å². The highest BCUT2D eigenvalue weighted by Gasteiger charge is 2.12. The smallest absolute Gasteiger partial charge is 0.160 e. The molecule has 7 aromatic carbocycles. The van der Waals surface area contributed by atoms with E-state index in [9.17, 15) is 0 Å². The van der Waals surface area contributed by atoms with Crippen molar-refractivity contribution in [2.24, 2.45) is 0 Å². The Bertz CT molecular complexity index is 2180. The lowest BCUT2D eigenvalue weighted by Gasteiger charge is -2.13. The summed E-state index contributed by atoms with van der Waals surface area (Å²) in [6.07, 6.45) is 0. The Morgan fingerprint density at radius 2 is 0.521 bits per heavy atom. The van der Waals surface area contributed by atoms with Gasteiger partial charge in [0, 0.05) is 16.7 Å². The molecule has 0 fully saturated rings. The predicted molar refractivity (Wildman–Crippen MR) is 200 cm³/mol. The zero-order chi connectivity index (χ0) is 32.1. The van der Waals surface area contributed by atoms with Crippen molar-refractivity contribution in [3.05, 3.63) is 194 Å². The number of nitrogens with zero attached hydrogens (tertiary/aromatic N) is 2. The molecule has 8 rings (SSSR count). The molecule has 0 amide bonds. The number of rotatable bonds is 7. The first-order valence-corrected chi connectivity index (χ1v) is 16.2. The van der Waals surface area contributed by atoms with Gasteiger partial charge < -0.3 is 0 Å². The zero-order valence-corrected chi connectivity index (χ0v) is 26.4. The molecule has 2 heteroatoms. The first kappa shape index (κ1) is 29.1. The van der Waals surface area contributed by atoms with E-state index in [1.165, 1.54) is 33.4 Å². The summed E-state index contributed by atoms with van der Waals surface area (Å²) in [7, 11) is 0. The number of hydrogen-bond acceptors (Lipinski definition) is 2. The average Bonchev–Trinajstić information content (AvgIpc) is 3.19. The molecule has 0 aliphatic carbocycles. The van der Waals surface area contributed by atoms with Crippen LogP contribution in [0.15, 0.2) is 194 Å². The highest BCUT2D eigenvalue weighted by Crippen LogP contribution is 2.35. The predicted octanol–water partition coefficient (Wildman–Crippen LogP) is 12.1. The Morgan fingerprint density at radius 1 is 0.208 bits per heavy atom. The quantitative estimate of drug-likeness (QED) is 0.179. The summed E-state index contributed by atoms with van der Waals surface area (Å²) < 4.78 is 0. The highest BCUT2D eigenvalue weighted by atomic mass is 14.9. The van der Waals surface area contributed by atoms with Gasteiger partial charge in [0.05, 0.1) is 11.4 Å². The van der Waals surface area contributed by atoms with Crippen molar-refractivity contribution < 1.29 is 0 Å². The van der Waals surface area contributed by atoms with Crippen molar-refractivity contribution in [3.63, 3.8) is 0 Å². The van der Waals surface area contributed by atoms with Gasteiger partial charge in [0.1, 0.15) is 0 Å². The van der Waals surface area contributed by atoms with Crippen LogP contribution in [0.5, 0.6) is 0 Å². The minimum absolute atomic E-state index is 0.710. The van der Waals surface area contributed by atoms with Crippen LogP contribution in [0.25, 0.3) is 78.4 Å². The molecule has 0 aliphatic heterocycles. The first-order valence-electron chi connectivity index (χ1n) is 16.2. The van der Waals surface area contributed by atoms with Crippen molar-refractivity contribution in [1.29, 1.82) is 0 Å². The summed E-state index contributed by atoms with van der Waals surface area (Å²) in [4.78, 5) is 10.0. The Labute approximate surface area is 281 Å². The molecular weight excluding hydrogens is 581 g/mol. The molecule has 0 spiro atoms. The molecule has 0 N–H and O–H groups in total. The minimum atomic E-state index is 0.710. The molecule has 0 atom stereocenters.